The van der Waals surface area contributed by atoms with Crippen LogP contribution in [0.1, 0.15) is 32.3 Å². The molecule has 2 amide bonds. The van der Waals surface area contributed by atoms with Gasteiger partial charge in [0.2, 0.25) is 12.3 Å². The number of methoxy groups -OCH3 is 1. The number of hydrogen-bond acceptors (Lipinski definition) is 3. The molecule has 122 valence electrons. The van der Waals surface area contributed by atoms with E-state index in [2.05, 4.69) is 12.7 Å². The maximum absolute atomic E-state index is 12.4. The van der Waals surface area contributed by atoms with Crippen LogP contribution >= 0.6 is 0 Å². The first-order chi connectivity index (χ1) is 10.5. The summed E-state index contributed by atoms with van der Waals surface area (Å²) in [5.74, 6) is 1.20. The molecule has 1 aromatic carbocycles. The van der Waals surface area contributed by atoms with Gasteiger partial charge in [-0.05, 0) is 43.9 Å². The largest absolute Gasteiger partial charge is 0.497 e. The lowest BCUT2D eigenvalue weighted by Gasteiger charge is -2.25. The highest BCUT2D eigenvalue weighted by Gasteiger charge is 2.28. The molecule has 0 saturated carbocycles. The summed E-state index contributed by atoms with van der Waals surface area (Å²) in [6, 6.07) is 8.38. The third kappa shape index (κ3) is 5.06. The van der Waals surface area contributed by atoms with Gasteiger partial charge < -0.3 is 15.4 Å². The summed E-state index contributed by atoms with van der Waals surface area (Å²) in [6.07, 6.45) is 3.33. The maximum atomic E-state index is 12.4. The first-order valence-corrected chi connectivity index (χ1v) is 7.62. The van der Waals surface area contributed by atoms with Crippen molar-refractivity contribution in [2.24, 2.45) is 11.7 Å². The number of likely N-dealkylation sites (tertiary alicyclic amines) is 1. The lowest BCUT2D eigenvalue weighted by atomic mass is 9.99. The van der Waals surface area contributed by atoms with E-state index in [0.717, 1.165) is 31.6 Å². The van der Waals surface area contributed by atoms with Gasteiger partial charge in [0.25, 0.3) is 0 Å². The van der Waals surface area contributed by atoms with Crippen molar-refractivity contribution in [3.63, 3.8) is 0 Å². The Bertz CT molecular complexity index is 473. The van der Waals surface area contributed by atoms with Crippen molar-refractivity contribution in [1.29, 1.82) is 0 Å². The molecule has 0 bridgehead atoms. The molecule has 5 heteroatoms. The Morgan fingerprint density at radius 3 is 2.50 bits per heavy atom. The molecule has 0 radical (unpaired) electrons. The quantitative estimate of drug-likeness (QED) is 0.865. The Balaban J connectivity index is 0.000000745. The highest BCUT2D eigenvalue weighted by atomic mass is 16.5. The second kappa shape index (κ2) is 9.07. The van der Waals surface area contributed by atoms with Crippen LogP contribution in [0.4, 0.5) is 0 Å². The normalized spacial score (nSPS) is 18.1. The lowest BCUT2D eigenvalue weighted by molar-refractivity contribution is -0.135. The van der Waals surface area contributed by atoms with E-state index < -0.39 is 0 Å². The molecule has 2 unspecified atom stereocenters. The van der Waals surface area contributed by atoms with Crippen LogP contribution < -0.4 is 10.5 Å². The van der Waals surface area contributed by atoms with Crippen LogP contribution in [0.15, 0.2) is 24.3 Å². The van der Waals surface area contributed by atoms with Crippen LogP contribution in [-0.4, -0.2) is 36.9 Å². The highest BCUT2D eigenvalue weighted by molar-refractivity contribution is 5.79. The van der Waals surface area contributed by atoms with Gasteiger partial charge in [-0.2, -0.15) is 0 Å². The maximum Gasteiger partial charge on any atom is 0.225 e. The molecule has 5 nitrogen and oxygen atoms in total. The van der Waals surface area contributed by atoms with Crippen LogP contribution in [0.25, 0.3) is 0 Å². The first-order valence-electron chi connectivity index (χ1n) is 7.62. The number of benzene rings is 1. The van der Waals surface area contributed by atoms with E-state index in [-0.39, 0.29) is 12.3 Å². The number of rotatable bonds is 4. The summed E-state index contributed by atoms with van der Waals surface area (Å²) >= 11 is 0. The molecule has 1 aliphatic rings. The Hall–Kier alpha value is -2.04. The minimum atomic E-state index is 0.0499. The number of hydrogen-bond donors (Lipinski definition) is 1. The summed E-state index contributed by atoms with van der Waals surface area (Å²) in [7, 11) is 1.66. The number of amides is 2. The van der Waals surface area contributed by atoms with E-state index in [1.54, 1.807) is 7.11 Å². The predicted molar refractivity (Wildman–Crippen MR) is 86.5 cm³/mol. The highest BCUT2D eigenvalue weighted by Crippen LogP contribution is 2.21. The van der Waals surface area contributed by atoms with Gasteiger partial charge in [0.05, 0.1) is 7.11 Å². The molecule has 1 aliphatic heterocycles. The lowest BCUT2D eigenvalue weighted by Crippen LogP contribution is -2.38. The molecule has 2 atom stereocenters. The average molecular weight is 306 g/mol. The number of ether oxygens (including phenoxy) is 1. The Labute approximate surface area is 132 Å². The van der Waals surface area contributed by atoms with Gasteiger partial charge in [0.15, 0.2) is 0 Å². The molecule has 2 N–H and O–H groups in total. The third-order valence-electron chi connectivity index (χ3n) is 3.96. The molecule has 1 heterocycles. The van der Waals surface area contributed by atoms with E-state index in [1.807, 2.05) is 36.1 Å². The number of carbonyl (C=O) groups excluding carboxylic acids is 2. The Morgan fingerprint density at radius 1 is 1.45 bits per heavy atom. The monoisotopic (exact) mass is 306 g/mol. The molecule has 1 saturated heterocycles. The second-order valence-electron chi connectivity index (χ2n) is 5.61. The van der Waals surface area contributed by atoms with E-state index in [9.17, 15) is 4.79 Å². The zero-order valence-corrected chi connectivity index (χ0v) is 13.6. The molecule has 0 spiro atoms. The first kappa shape index (κ1) is 18.0. The predicted octanol–water partition coefficient (Wildman–Crippen LogP) is 1.99. The van der Waals surface area contributed by atoms with Crippen LogP contribution in [0.3, 0.4) is 0 Å². The summed E-state index contributed by atoms with van der Waals surface area (Å²) in [5, 5.41) is 0. The van der Waals surface area contributed by atoms with Crippen molar-refractivity contribution in [2.45, 2.75) is 39.2 Å². The van der Waals surface area contributed by atoms with Gasteiger partial charge >= 0.3 is 0 Å². The molecule has 22 heavy (non-hydrogen) atoms. The summed E-state index contributed by atoms with van der Waals surface area (Å²) in [6.45, 7) is 5.09. The molecule has 2 rings (SSSR count). The summed E-state index contributed by atoms with van der Waals surface area (Å²) < 4.78 is 5.14. The molecular weight excluding hydrogens is 280 g/mol. The van der Waals surface area contributed by atoms with Crippen molar-refractivity contribution in [2.75, 3.05) is 13.7 Å². The van der Waals surface area contributed by atoms with Crippen LogP contribution in [0, 0.1) is 5.92 Å². The second-order valence-corrected chi connectivity index (χ2v) is 5.61. The molecule has 1 fully saturated rings. The molecular formula is C17H26N2O3. The van der Waals surface area contributed by atoms with Crippen LogP contribution in [-0.2, 0) is 16.0 Å². The molecule has 1 aromatic rings. The standard InChI is InChI=1S/C16H23NO2.CH3NO/c1-12(16(18)17-10-4-5-13(17)2)11-14-6-8-15(19-3)9-7-14;2-1-3/h6-9,12-13H,4-5,10-11H2,1-3H3;1H,(H2,2,3). The zero-order chi connectivity index (χ0) is 16.5. The van der Waals surface area contributed by atoms with E-state index in [0.29, 0.717) is 11.9 Å². The van der Waals surface area contributed by atoms with Gasteiger partial charge in [0.1, 0.15) is 5.75 Å². The number of primary amides is 1. The zero-order valence-electron chi connectivity index (χ0n) is 13.6. The van der Waals surface area contributed by atoms with Crippen molar-refractivity contribution >= 4 is 12.3 Å². The SMILES string of the molecule is COc1ccc(CC(C)C(=O)N2CCCC2C)cc1.NC=O. The van der Waals surface area contributed by atoms with Gasteiger partial charge in [-0.3, -0.25) is 9.59 Å². The Kier molecular flexibility index (Phi) is 7.43. The van der Waals surface area contributed by atoms with Gasteiger partial charge in [-0.15, -0.1) is 0 Å². The smallest absolute Gasteiger partial charge is 0.225 e. The molecule has 0 aromatic heterocycles. The average Bonchev–Trinajstić information content (AvgIpc) is 2.94. The fraction of sp³-hybridized carbons (Fsp3) is 0.529. The van der Waals surface area contributed by atoms with Crippen molar-refractivity contribution < 1.29 is 14.3 Å². The fourth-order valence-corrected chi connectivity index (χ4v) is 2.75. The number of nitrogens with two attached hydrogens (primary N) is 1. The van der Waals surface area contributed by atoms with Gasteiger partial charge in [-0.1, -0.05) is 19.1 Å². The van der Waals surface area contributed by atoms with Gasteiger partial charge in [0, 0.05) is 18.5 Å². The third-order valence-corrected chi connectivity index (χ3v) is 3.96. The Morgan fingerprint density at radius 2 is 2.05 bits per heavy atom. The van der Waals surface area contributed by atoms with Crippen LogP contribution in [0.5, 0.6) is 5.75 Å². The van der Waals surface area contributed by atoms with E-state index in [1.165, 1.54) is 5.56 Å². The number of nitrogens with zero attached hydrogens (tertiary/aromatic N) is 1. The summed E-state index contributed by atoms with van der Waals surface area (Å²) in [5.41, 5.74) is 5.36. The van der Waals surface area contributed by atoms with Crippen molar-refractivity contribution in [3.05, 3.63) is 29.8 Å². The minimum Gasteiger partial charge on any atom is -0.497 e. The van der Waals surface area contributed by atoms with E-state index in [4.69, 9.17) is 9.53 Å². The topological polar surface area (TPSA) is 72.6 Å². The van der Waals surface area contributed by atoms with Crippen molar-refractivity contribution in [1.82, 2.24) is 4.90 Å². The minimum absolute atomic E-state index is 0.0499. The van der Waals surface area contributed by atoms with Crippen LogP contribution in [0.2, 0.25) is 0 Å². The number of carbonyl (C=O) groups is 2. The molecule has 0 aliphatic carbocycles. The van der Waals surface area contributed by atoms with Crippen molar-refractivity contribution in [3.8, 4) is 5.75 Å². The van der Waals surface area contributed by atoms with Gasteiger partial charge in [-0.25, -0.2) is 0 Å². The fourth-order valence-electron chi connectivity index (χ4n) is 2.75. The van der Waals surface area contributed by atoms with E-state index >= 15 is 0 Å². The summed E-state index contributed by atoms with van der Waals surface area (Å²) in [4.78, 5) is 23.0.